The Morgan fingerprint density at radius 2 is 1.94 bits per heavy atom. The van der Waals surface area contributed by atoms with E-state index in [4.69, 9.17) is 9.47 Å². The summed E-state index contributed by atoms with van der Waals surface area (Å²) in [5, 5.41) is 9.85. The number of pyridine rings is 2. The molecule has 0 aliphatic carbocycles. The van der Waals surface area contributed by atoms with Gasteiger partial charge in [-0.1, -0.05) is 26.0 Å². The lowest BCUT2D eigenvalue weighted by molar-refractivity contribution is 0.261. The van der Waals surface area contributed by atoms with Crippen molar-refractivity contribution >= 4 is 23.3 Å². The molecule has 0 fully saturated rings. The highest BCUT2D eigenvalue weighted by Crippen LogP contribution is 2.25. The molecule has 0 spiro atoms. The van der Waals surface area contributed by atoms with Gasteiger partial charge in [0, 0.05) is 23.5 Å². The average molecular weight is 447 g/mol. The quantitative estimate of drug-likeness (QED) is 0.400. The van der Waals surface area contributed by atoms with Crippen LogP contribution in [0, 0.1) is 5.92 Å². The molecule has 2 amide bonds. The number of hydrogen-bond donors (Lipinski definition) is 2. The van der Waals surface area contributed by atoms with Crippen LogP contribution < -0.4 is 20.1 Å². The number of carbonyl (C=O) groups excluding carboxylic acids is 1. The number of benzene rings is 1. The third kappa shape index (κ3) is 5.57. The molecule has 0 aliphatic rings. The van der Waals surface area contributed by atoms with Gasteiger partial charge in [0.15, 0.2) is 5.65 Å². The van der Waals surface area contributed by atoms with Crippen molar-refractivity contribution < 1.29 is 14.3 Å². The van der Waals surface area contributed by atoms with E-state index in [1.807, 2.05) is 42.6 Å². The van der Waals surface area contributed by atoms with Gasteiger partial charge in [-0.15, -0.1) is 5.10 Å². The zero-order valence-electron chi connectivity index (χ0n) is 18.8. The van der Waals surface area contributed by atoms with Crippen molar-refractivity contribution in [3.63, 3.8) is 0 Å². The molecule has 0 saturated carbocycles. The van der Waals surface area contributed by atoms with Crippen LogP contribution in [-0.2, 0) is 0 Å². The molecule has 0 bridgehead atoms. The molecule has 170 valence electrons. The largest absolute Gasteiger partial charge is 0.495 e. The number of para-hydroxylation sites is 2. The number of ether oxygens (including phenoxy) is 2. The molecule has 0 saturated heterocycles. The van der Waals surface area contributed by atoms with Crippen LogP contribution >= 0.6 is 0 Å². The maximum absolute atomic E-state index is 12.6. The number of nitrogens with zero attached hydrogens (tertiary/aromatic N) is 4. The number of fused-ring (bicyclic) bond motifs is 1. The molecule has 0 aliphatic heterocycles. The number of urea groups is 1. The van der Waals surface area contributed by atoms with Crippen LogP contribution in [0.15, 0.2) is 61.1 Å². The Hall–Kier alpha value is -4.14. The lowest BCUT2D eigenvalue weighted by Gasteiger charge is -2.13. The molecule has 0 atom stereocenters. The minimum Gasteiger partial charge on any atom is -0.495 e. The molecule has 3 aromatic heterocycles. The Balaban J connectivity index is 1.45. The highest BCUT2D eigenvalue weighted by Gasteiger charge is 2.12. The molecular formula is C24H26N6O3. The summed E-state index contributed by atoms with van der Waals surface area (Å²) in [7, 11) is 1.60. The molecule has 1 aromatic carbocycles. The van der Waals surface area contributed by atoms with E-state index in [9.17, 15) is 4.79 Å². The van der Waals surface area contributed by atoms with Crippen molar-refractivity contribution in [3.8, 4) is 22.6 Å². The molecule has 33 heavy (non-hydrogen) atoms. The fourth-order valence-corrected chi connectivity index (χ4v) is 3.15. The predicted octanol–water partition coefficient (Wildman–Crippen LogP) is 4.87. The number of anilines is 2. The molecule has 9 nitrogen and oxygen atoms in total. The van der Waals surface area contributed by atoms with E-state index in [2.05, 4.69) is 39.5 Å². The Kier molecular flexibility index (Phi) is 6.68. The third-order valence-corrected chi connectivity index (χ3v) is 4.93. The average Bonchev–Trinajstić information content (AvgIpc) is 3.21. The Labute approximate surface area is 191 Å². The van der Waals surface area contributed by atoms with Gasteiger partial charge in [-0.05, 0) is 42.7 Å². The fourth-order valence-electron chi connectivity index (χ4n) is 3.15. The minimum atomic E-state index is -0.456. The van der Waals surface area contributed by atoms with Gasteiger partial charge in [0.05, 0.1) is 25.6 Å². The second kappa shape index (κ2) is 9.99. The number of methoxy groups -OCH3 is 1. The maximum atomic E-state index is 12.6. The van der Waals surface area contributed by atoms with E-state index in [0.29, 0.717) is 35.4 Å². The third-order valence-electron chi connectivity index (χ3n) is 4.93. The molecule has 9 heteroatoms. The van der Waals surface area contributed by atoms with Crippen LogP contribution in [0.25, 0.3) is 16.8 Å². The first-order chi connectivity index (χ1) is 16.0. The van der Waals surface area contributed by atoms with Crippen molar-refractivity contribution in [3.05, 3.63) is 61.1 Å². The monoisotopic (exact) mass is 446 g/mol. The summed E-state index contributed by atoms with van der Waals surface area (Å²) in [4.78, 5) is 21.1. The van der Waals surface area contributed by atoms with Gasteiger partial charge in [0.25, 0.3) is 5.95 Å². The summed E-state index contributed by atoms with van der Waals surface area (Å²) < 4.78 is 12.7. The van der Waals surface area contributed by atoms with Gasteiger partial charge in [0.2, 0.25) is 0 Å². The Morgan fingerprint density at radius 3 is 2.76 bits per heavy atom. The lowest BCUT2D eigenvalue weighted by Crippen LogP contribution is -2.20. The zero-order chi connectivity index (χ0) is 23.2. The van der Waals surface area contributed by atoms with Crippen molar-refractivity contribution in [2.24, 2.45) is 5.92 Å². The summed E-state index contributed by atoms with van der Waals surface area (Å²) in [6.45, 7) is 4.86. The van der Waals surface area contributed by atoms with Crippen LogP contribution in [0.3, 0.4) is 0 Å². The highest BCUT2D eigenvalue weighted by atomic mass is 16.5. The minimum absolute atomic E-state index is 0.187. The summed E-state index contributed by atoms with van der Waals surface area (Å²) in [6, 6.07) is 12.5. The second-order valence-corrected chi connectivity index (χ2v) is 7.88. The Bertz CT molecular complexity index is 1250. The van der Waals surface area contributed by atoms with Crippen LogP contribution in [0.5, 0.6) is 11.5 Å². The van der Waals surface area contributed by atoms with Crippen molar-refractivity contribution in [2.45, 2.75) is 20.3 Å². The number of nitrogens with one attached hydrogen (secondary N) is 2. The number of amides is 2. The number of rotatable bonds is 8. The molecule has 3 heterocycles. The van der Waals surface area contributed by atoms with Crippen LogP contribution in [0.4, 0.5) is 16.4 Å². The normalized spacial score (nSPS) is 10.9. The maximum Gasteiger partial charge on any atom is 0.326 e. The van der Waals surface area contributed by atoms with Crippen molar-refractivity contribution in [2.75, 3.05) is 24.4 Å². The molecule has 0 radical (unpaired) electrons. The zero-order valence-corrected chi connectivity index (χ0v) is 18.8. The number of aromatic nitrogens is 4. The molecule has 2 N–H and O–H groups in total. The topological polar surface area (TPSA) is 103 Å². The standard InChI is InChI=1S/C24H26N6O3/c1-16(2)10-11-33-21-7-5-4-6-20(21)26-24(31)28-23-27-22-9-8-17(15-30(22)29-23)18-12-19(32-3)14-25-13-18/h4-9,12-16H,10-11H2,1-3H3,(H2,26,28,29,31). The van der Waals surface area contributed by atoms with Gasteiger partial charge in [0.1, 0.15) is 11.5 Å². The van der Waals surface area contributed by atoms with E-state index in [1.54, 1.807) is 30.1 Å². The first-order valence-electron chi connectivity index (χ1n) is 10.7. The summed E-state index contributed by atoms with van der Waals surface area (Å²) in [5.74, 6) is 2.01. The summed E-state index contributed by atoms with van der Waals surface area (Å²) in [5.41, 5.74) is 2.95. The first-order valence-corrected chi connectivity index (χ1v) is 10.7. The van der Waals surface area contributed by atoms with Gasteiger partial charge in [-0.25, -0.2) is 9.31 Å². The van der Waals surface area contributed by atoms with Gasteiger partial charge < -0.3 is 14.8 Å². The van der Waals surface area contributed by atoms with E-state index in [1.165, 1.54) is 0 Å². The highest BCUT2D eigenvalue weighted by molar-refractivity contribution is 5.99. The van der Waals surface area contributed by atoms with Crippen LogP contribution in [0.2, 0.25) is 0 Å². The smallest absolute Gasteiger partial charge is 0.326 e. The molecular weight excluding hydrogens is 420 g/mol. The molecule has 0 unspecified atom stereocenters. The fraction of sp³-hybridized carbons (Fsp3) is 0.250. The van der Waals surface area contributed by atoms with Crippen molar-refractivity contribution in [1.29, 1.82) is 0 Å². The SMILES string of the molecule is COc1cncc(-c2ccc3nc(NC(=O)Nc4ccccc4OCCC(C)C)nn3c2)c1. The number of carbonyl (C=O) groups is 1. The van der Waals surface area contributed by atoms with Crippen molar-refractivity contribution in [1.82, 2.24) is 19.6 Å². The number of hydrogen-bond acceptors (Lipinski definition) is 6. The van der Waals surface area contributed by atoms with E-state index >= 15 is 0 Å². The van der Waals surface area contributed by atoms with E-state index in [0.717, 1.165) is 17.5 Å². The second-order valence-electron chi connectivity index (χ2n) is 7.88. The first kappa shape index (κ1) is 22.1. The predicted molar refractivity (Wildman–Crippen MR) is 127 cm³/mol. The van der Waals surface area contributed by atoms with Gasteiger partial charge >= 0.3 is 6.03 Å². The lowest BCUT2D eigenvalue weighted by atomic mass is 10.1. The van der Waals surface area contributed by atoms with Gasteiger partial charge in [-0.3, -0.25) is 10.3 Å². The Morgan fingerprint density at radius 1 is 1.09 bits per heavy atom. The molecule has 4 rings (SSSR count). The van der Waals surface area contributed by atoms with Crippen LogP contribution in [0.1, 0.15) is 20.3 Å². The van der Waals surface area contributed by atoms with Gasteiger partial charge in [-0.2, -0.15) is 4.98 Å². The van der Waals surface area contributed by atoms with E-state index < -0.39 is 6.03 Å². The summed E-state index contributed by atoms with van der Waals surface area (Å²) in [6.07, 6.45) is 6.14. The van der Waals surface area contributed by atoms with E-state index in [-0.39, 0.29) is 5.95 Å². The van der Waals surface area contributed by atoms with Crippen LogP contribution in [-0.4, -0.2) is 39.3 Å². The summed E-state index contributed by atoms with van der Waals surface area (Å²) >= 11 is 0. The molecule has 4 aromatic rings.